The first-order valence-electron chi connectivity index (χ1n) is 10.1. The highest BCUT2D eigenvalue weighted by Crippen LogP contribution is 2.18. The number of hydrogen-bond acceptors (Lipinski definition) is 10. The van der Waals surface area contributed by atoms with Crippen LogP contribution in [-0.2, 0) is 38.1 Å². The van der Waals surface area contributed by atoms with Gasteiger partial charge in [0.05, 0.1) is 38.6 Å². The van der Waals surface area contributed by atoms with E-state index in [4.69, 9.17) is 18.9 Å². The first-order valence-corrected chi connectivity index (χ1v) is 10.1. The Morgan fingerprint density at radius 2 is 0.938 bits per heavy atom. The summed E-state index contributed by atoms with van der Waals surface area (Å²) in [6, 6.07) is 6.36. The minimum Gasteiger partial charge on any atom is -0.463 e. The van der Waals surface area contributed by atoms with Crippen molar-refractivity contribution in [3.63, 3.8) is 0 Å². The lowest BCUT2D eigenvalue weighted by molar-refractivity contribution is -0.140. The summed E-state index contributed by atoms with van der Waals surface area (Å²) in [5, 5.41) is 5.61. The molecule has 0 atom stereocenters. The number of carbonyl (C=O) groups is 4. The fourth-order valence-corrected chi connectivity index (χ4v) is 2.26. The molecule has 0 amide bonds. The summed E-state index contributed by atoms with van der Waals surface area (Å²) in [6.45, 7) is 7.17. The minimum absolute atomic E-state index is 0.0968. The molecule has 0 unspecified atom stereocenters. The SMILES string of the molecule is CCOC(=O)/C=C(\Nc1ccc(N/C(=C\C(=O)OCC)C(=O)OCC)cc1)C(=O)OCC. The molecule has 32 heavy (non-hydrogen) atoms. The molecule has 0 radical (unpaired) electrons. The molecule has 10 heteroatoms. The van der Waals surface area contributed by atoms with Gasteiger partial charge in [-0.05, 0) is 52.0 Å². The van der Waals surface area contributed by atoms with E-state index in [0.717, 1.165) is 12.2 Å². The number of carbonyl (C=O) groups excluding carboxylic acids is 4. The second-order valence-electron chi connectivity index (χ2n) is 5.89. The third-order valence-electron chi connectivity index (χ3n) is 3.53. The van der Waals surface area contributed by atoms with E-state index in [2.05, 4.69) is 10.6 Å². The Balaban J connectivity index is 3.03. The molecular weight excluding hydrogens is 420 g/mol. The van der Waals surface area contributed by atoms with Gasteiger partial charge in [-0.2, -0.15) is 0 Å². The van der Waals surface area contributed by atoms with Crippen molar-refractivity contribution in [3.05, 3.63) is 47.8 Å². The van der Waals surface area contributed by atoms with Crippen LogP contribution >= 0.6 is 0 Å². The molecule has 0 aliphatic carbocycles. The van der Waals surface area contributed by atoms with Crippen LogP contribution in [0.2, 0.25) is 0 Å². The van der Waals surface area contributed by atoms with Crippen molar-refractivity contribution in [3.8, 4) is 0 Å². The normalized spacial score (nSPS) is 11.2. The van der Waals surface area contributed by atoms with Gasteiger partial charge in [-0.15, -0.1) is 0 Å². The quantitative estimate of drug-likeness (QED) is 0.279. The third-order valence-corrected chi connectivity index (χ3v) is 3.53. The number of nitrogens with one attached hydrogen (secondary N) is 2. The standard InChI is InChI=1S/C22H28N2O8/c1-5-29-19(25)13-17(21(27)31-7-3)23-15-9-11-16(12-10-15)24-18(22(28)32-8-4)14-20(26)30-6-2/h9-14,23-24H,5-8H2,1-4H3/b17-13-,18-14-. The van der Waals surface area contributed by atoms with E-state index in [1.54, 1.807) is 52.0 Å². The average Bonchev–Trinajstić information content (AvgIpc) is 2.74. The number of benzene rings is 1. The molecule has 0 saturated heterocycles. The summed E-state index contributed by atoms with van der Waals surface area (Å²) in [5.41, 5.74) is 0.735. The molecule has 1 aromatic carbocycles. The molecule has 0 fully saturated rings. The van der Waals surface area contributed by atoms with Crippen LogP contribution in [0.15, 0.2) is 47.8 Å². The smallest absolute Gasteiger partial charge is 0.355 e. The van der Waals surface area contributed by atoms with E-state index in [0.29, 0.717) is 11.4 Å². The third kappa shape index (κ3) is 9.33. The Labute approximate surface area is 186 Å². The zero-order valence-corrected chi connectivity index (χ0v) is 18.6. The van der Waals surface area contributed by atoms with Crippen molar-refractivity contribution < 1.29 is 38.1 Å². The van der Waals surface area contributed by atoms with Gasteiger partial charge >= 0.3 is 23.9 Å². The van der Waals surface area contributed by atoms with Gasteiger partial charge < -0.3 is 29.6 Å². The van der Waals surface area contributed by atoms with Crippen LogP contribution in [0, 0.1) is 0 Å². The van der Waals surface area contributed by atoms with E-state index < -0.39 is 23.9 Å². The van der Waals surface area contributed by atoms with Crippen molar-refractivity contribution in [2.75, 3.05) is 37.1 Å². The summed E-state index contributed by atoms with van der Waals surface area (Å²) in [7, 11) is 0. The van der Waals surface area contributed by atoms with Crippen molar-refractivity contribution in [1.82, 2.24) is 0 Å². The predicted molar refractivity (Wildman–Crippen MR) is 116 cm³/mol. The van der Waals surface area contributed by atoms with Gasteiger partial charge in [0.15, 0.2) is 0 Å². The Morgan fingerprint density at radius 3 is 1.22 bits per heavy atom. The maximum absolute atomic E-state index is 12.1. The van der Waals surface area contributed by atoms with Crippen molar-refractivity contribution in [2.24, 2.45) is 0 Å². The topological polar surface area (TPSA) is 129 Å². The molecule has 1 aromatic rings. The van der Waals surface area contributed by atoms with E-state index >= 15 is 0 Å². The molecule has 0 aliphatic rings. The Bertz CT molecular complexity index is 788. The molecule has 0 aliphatic heterocycles. The monoisotopic (exact) mass is 448 g/mol. The molecule has 10 nitrogen and oxygen atoms in total. The van der Waals surface area contributed by atoms with Gasteiger partial charge in [0.25, 0.3) is 0 Å². The number of ether oxygens (including phenoxy) is 4. The minimum atomic E-state index is -0.718. The summed E-state index contributed by atoms with van der Waals surface area (Å²) in [6.07, 6.45) is 2.02. The fourth-order valence-electron chi connectivity index (χ4n) is 2.26. The van der Waals surface area contributed by atoms with Gasteiger partial charge in [-0.1, -0.05) is 0 Å². The molecule has 1 rings (SSSR count). The maximum atomic E-state index is 12.1. The number of esters is 4. The van der Waals surface area contributed by atoms with Crippen molar-refractivity contribution in [2.45, 2.75) is 27.7 Å². The number of rotatable bonds is 12. The van der Waals surface area contributed by atoms with Gasteiger partial charge in [-0.3, -0.25) is 0 Å². The predicted octanol–water partition coefficient (Wildman–Crippen LogP) is 2.53. The first kappa shape index (κ1) is 26.2. The van der Waals surface area contributed by atoms with Gasteiger partial charge in [0, 0.05) is 11.4 Å². The average molecular weight is 448 g/mol. The zero-order chi connectivity index (χ0) is 23.9. The van der Waals surface area contributed by atoms with Crippen LogP contribution in [0.1, 0.15) is 27.7 Å². The molecule has 0 bridgehead atoms. The summed E-state index contributed by atoms with van der Waals surface area (Å²) in [5.74, 6) is -2.82. The number of anilines is 2. The second kappa shape index (κ2) is 14.2. The molecule has 2 N–H and O–H groups in total. The second-order valence-corrected chi connectivity index (χ2v) is 5.89. The lowest BCUT2D eigenvalue weighted by Crippen LogP contribution is -2.18. The molecule has 0 heterocycles. The van der Waals surface area contributed by atoms with Gasteiger partial charge in [-0.25, -0.2) is 19.2 Å². The van der Waals surface area contributed by atoms with Crippen LogP contribution < -0.4 is 10.6 Å². The van der Waals surface area contributed by atoms with E-state index in [9.17, 15) is 19.2 Å². The maximum Gasteiger partial charge on any atom is 0.355 e. The van der Waals surface area contributed by atoms with Crippen LogP contribution in [0.25, 0.3) is 0 Å². The summed E-state index contributed by atoms with van der Waals surface area (Å²) in [4.78, 5) is 47.7. The molecule has 174 valence electrons. The van der Waals surface area contributed by atoms with Crippen molar-refractivity contribution >= 4 is 35.3 Å². The Hall–Kier alpha value is -3.82. The lowest BCUT2D eigenvalue weighted by atomic mass is 10.2. The zero-order valence-electron chi connectivity index (χ0n) is 18.6. The fraction of sp³-hybridized carbons (Fsp3) is 0.364. The molecular formula is C22H28N2O8. The molecule has 0 aromatic heterocycles. The molecule has 0 saturated carbocycles. The highest BCUT2D eigenvalue weighted by atomic mass is 16.5. The van der Waals surface area contributed by atoms with E-state index in [1.165, 1.54) is 0 Å². The van der Waals surface area contributed by atoms with Crippen LogP contribution in [-0.4, -0.2) is 50.3 Å². The van der Waals surface area contributed by atoms with Gasteiger partial charge in [0.1, 0.15) is 11.4 Å². The molecule has 0 spiro atoms. The van der Waals surface area contributed by atoms with E-state index in [1.807, 2.05) is 0 Å². The number of hydrogen-bond donors (Lipinski definition) is 2. The van der Waals surface area contributed by atoms with Crippen LogP contribution in [0.3, 0.4) is 0 Å². The van der Waals surface area contributed by atoms with Crippen LogP contribution in [0.4, 0.5) is 11.4 Å². The Kier molecular flexibility index (Phi) is 11.7. The van der Waals surface area contributed by atoms with Crippen LogP contribution in [0.5, 0.6) is 0 Å². The highest BCUT2D eigenvalue weighted by Gasteiger charge is 2.16. The Morgan fingerprint density at radius 1 is 0.625 bits per heavy atom. The van der Waals surface area contributed by atoms with Crippen molar-refractivity contribution in [1.29, 1.82) is 0 Å². The van der Waals surface area contributed by atoms with E-state index in [-0.39, 0.29) is 37.8 Å². The summed E-state index contributed by atoms with van der Waals surface area (Å²) < 4.78 is 19.6. The first-order chi connectivity index (χ1) is 15.3. The largest absolute Gasteiger partial charge is 0.463 e. The summed E-state index contributed by atoms with van der Waals surface area (Å²) >= 11 is 0. The lowest BCUT2D eigenvalue weighted by Gasteiger charge is -2.13. The van der Waals surface area contributed by atoms with Gasteiger partial charge in [0.2, 0.25) is 0 Å². The highest BCUT2D eigenvalue weighted by molar-refractivity contribution is 5.99.